The summed E-state index contributed by atoms with van der Waals surface area (Å²) in [4.78, 5) is 16.8. The molecule has 1 aromatic heterocycles. The van der Waals surface area contributed by atoms with Crippen molar-refractivity contribution in [1.29, 1.82) is 0 Å². The smallest absolute Gasteiger partial charge is 0.162 e. The number of rotatable bonds is 10. The van der Waals surface area contributed by atoms with Gasteiger partial charge in [0.2, 0.25) is 0 Å². The summed E-state index contributed by atoms with van der Waals surface area (Å²) in [6.45, 7) is 22.0. The summed E-state index contributed by atoms with van der Waals surface area (Å²) < 4.78 is 4.73. The second kappa shape index (κ2) is 18.8. The van der Waals surface area contributed by atoms with Gasteiger partial charge in [0.1, 0.15) is 0 Å². The van der Waals surface area contributed by atoms with E-state index >= 15 is 0 Å². The monoisotopic (exact) mass is 1100 g/mol. The molecule has 0 amide bonds. The summed E-state index contributed by atoms with van der Waals surface area (Å²) in [6, 6.07) is 35.4. The maximum absolute atomic E-state index is 11.7. The molecule has 5 aromatic rings. The Balaban J connectivity index is 0.000000347. The summed E-state index contributed by atoms with van der Waals surface area (Å²) in [7, 11) is 0. The number of aliphatic hydroxyl groups is 1. The fraction of sp³-hybridized carbons (Fsp3) is 0.388. The standard InChI is InChI=1S/C30H30N.C13H24O2.C6H5.Bi.Ir/c1-29(2,3)20-21-11-9-13-22(17-21)26-15-10-16-31-28(26)24-18-23-12-7-8-14-25(23)27(19-24)30(4,5)6;1-5-10(6-2)12(14)9-13(15)11(7-3)8-4;1-2-4-6-5-3-1;;/h7-14,16,19H,20H2,1-6H3;9-11,14H,5-8H2,1-4H3;1-5H;;/q-1;;;;/b;12-9-;;;. The molecule has 2 heterocycles. The Morgan fingerprint density at radius 2 is 1.44 bits per heavy atom. The SMILES string of the molecule is CC(C)(C)Cc1cccc2[c]1[Bi]([c]1ccccc1)[c]1ccnc(-c3[c-]c4ccccc4c(C(C)(C)C)c3)c1-2.CCC(CC)C(=O)/C=C(\O)C(CC)CC.[Ir]. The van der Waals surface area contributed by atoms with Gasteiger partial charge in [-0.2, -0.15) is 0 Å². The minimum absolute atomic E-state index is 0. The Bertz CT molecular complexity index is 2060. The van der Waals surface area contributed by atoms with Gasteiger partial charge in [0, 0.05) is 38.0 Å². The summed E-state index contributed by atoms with van der Waals surface area (Å²) in [5, 5.41) is 12.2. The van der Waals surface area contributed by atoms with Crippen molar-refractivity contribution in [2.75, 3.05) is 0 Å². The third-order valence-electron chi connectivity index (χ3n) is 10.4. The van der Waals surface area contributed by atoms with Crippen molar-refractivity contribution in [2.45, 2.75) is 107 Å². The normalized spacial score (nSPS) is 13.0. The average molecular weight is 1100 g/mol. The first-order valence-corrected chi connectivity index (χ1v) is 24.8. The van der Waals surface area contributed by atoms with Gasteiger partial charge in [0.05, 0.1) is 5.76 Å². The molecule has 5 heteroatoms. The number of benzene rings is 4. The van der Waals surface area contributed by atoms with Crippen LogP contribution in [-0.2, 0) is 36.7 Å². The van der Waals surface area contributed by atoms with Gasteiger partial charge in [-0.1, -0.05) is 27.7 Å². The molecule has 287 valence electrons. The van der Waals surface area contributed by atoms with Crippen LogP contribution in [0.5, 0.6) is 0 Å². The van der Waals surface area contributed by atoms with Crippen molar-refractivity contribution in [2.24, 2.45) is 17.3 Å². The molecule has 0 spiro atoms. The van der Waals surface area contributed by atoms with Crippen LogP contribution in [0.2, 0.25) is 0 Å². The zero-order valence-electron chi connectivity index (χ0n) is 34.0. The van der Waals surface area contributed by atoms with Gasteiger partial charge in [-0.25, -0.2) is 0 Å². The topological polar surface area (TPSA) is 50.2 Å². The molecule has 0 saturated carbocycles. The Labute approximate surface area is 347 Å². The molecule has 1 N–H and O–H groups in total. The van der Waals surface area contributed by atoms with Gasteiger partial charge in [-0.05, 0) is 25.7 Å². The quantitative estimate of drug-likeness (QED) is 0.0644. The second-order valence-electron chi connectivity index (χ2n) is 16.7. The van der Waals surface area contributed by atoms with E-state index in [1.54, 1.807) is 9.81 Å². The van der Waals surface area contributed by atoms with Crippen molar-refractivity contribution in [3.8, 4) is 22.4 Å². The number of hydrogen-bond acceptors (Lipinski definition) is 3. The van der Waals surface area contributed by atoms with Crippen LogP contribution in [0.15, 0.2) is 103 Å². The molecule has 0 saturated heterocycles. The van der Waals surface area contributed by atoms with E-state index in [1.165, 1.54) is 33.7 Å². The fourth-order valence-electron chi connectivity index (χ4n) is 7.60. The maximum atomic E-state index is 11.7. The van der Waals surface area contributed by atoms with E-state index in [1.807, 2.05) is 27.7 Å². The average Bonchev–Trinajstić information content (AvgIpc) is 3.47. The Morgan fingerprint density at radius 1 is 0.815 bits per heavy atom. The van der Waals surface area contributed by atoms with Gasteiger partial charge >= 0.3 is 237 Å². The molecule has 54 heavy (non-hydrogen) atoms. The zero-order chi connectivity index (χ0) is 38.5. The summed E-state index contributed by atoms with van der Waals surface area (Å²) in [6.07, 6.45) is 8.04. The van der Waals surface area contributed by atoms with Crippen molar-refractivity contribution in [1.82, 2.24) is 4.98 Å². The van der Waals surface area contributed by atoms with Crippen LogP contribution in [0.1, 0.15) is 106 Å². The minimum atomic E-state index is -2.53. The molecule has 1 aliphatic rings. The molecule has 0 fully saturated rings. The van der Waals surface area contributed by atoms with Gasteiger partial charge < -0.3 is 5.11 Å². The number of aliphatic hydroxyl groups excluding tert-OH is 1. The van der Waals surface area contributed by atoms with Crippen LogP contribution in [0.25, 0.3) is 33.2 Å². The number of aromatic nitrogens is 1. The van der Waals surface area contributed by atoms with E-state index in [0.717, 1.165) is 48.7 Å². The van der Waals surface area contributed by atoms with E-state index < -0.39 is 21.8 Å². The molecule has 0 unspecified atom stereocenters. The van der Waals surface area contributed by atoms with Crippen molar-refractivity contribution >= 4 is 48.1 Å². The zero-order valence-corrected chi connectivity index (χ0v) is 39.9. The number of carbonyl (C=O) groups is 1. The minimum Gasteiger partial charge on any atom is -0.512 e. The molecule has 1 aliphatic heterocycles. The Kier molecular flexibility index (Phi) is 15.2. The van der Waals surface area contributed by atoms with E-state index in [0.29, 0.717) is 0 Å². The fourth-order valence-corrected chi connectivity index (χ4v) is 18.4. The Morgan fingerprint density at radius 3 is 2.06 bits per heavy atom. The van der Waals surface area contributed by atoms with E-state index in [4.69, 9.17) is 4.98 Å². The molecular weight excluding hydrogens is 1040 g/mol. The number of nitrogens with zero attached hydrogens (tertiary/aromatic N) is 1. The predicted molar refractivity (Wildman–Crippen MR) is 228 cm³/mol. The first-order chi connectivity index (χ1) is 25.2. The van der Waals surface area contributed by atoms with Gasteiger partial charge in [-0.3, -0.25) is 4.79 Å². The molecule has 4 aromatic carbocycles. The number of carbonyl (C=O) groups excluding carboxylic acids is 1. The van der Waals surface area contributed by atoms with Crippen LogP contribution in [0, 0.1) is 23.3 Å². The van der Waals surface area contributed by atoms with Crippen molar-refractivity contribution in [3.63, 3.8) is 0 Å². The molecule has 3 nitrogen and oxygen atoms in total. The number of allylic oxidation sites excluding steroid dienone is 2. The molecular formula is C49H59BiIrNO2-. The largest absolute Gasteiger partial charge is 0.512 e. The van der Waals surface area contributed by atoms with E-state index in [2.05, 4.69) is 139 Å². The Hall–Kier alpha value is -2.97. The van der Waals surface area contributed by atoms with Gasteiger partial charge in [-0.15, -0.1) is 0 Å². The number of pyridine rings is 1. The maximum Gasteiger partial charge on any atom is 0.162 e. The molecule has 1 radical (unpaired) electrons. The molecule has 0 atom stereocenters. The molecule has 6 rings (SSSR count). The number of hydrogen-bond donors (Lipinski definition) is 1. The van der Waals surface area contributed by atoms with Crippen molar-refractivity contribution < 1.29 is 30.0 Å². The first kappa shape index (κ1) is 43.8. The number of fused-ring (bicyclic) bond motifs is 4. The molecule has 0 bridgehead atoms. The third-order valence-corrected chi connectivity index (χ3v) is 20.7. The van der Waals surface area contributed by atoms with Crippen LogP contribution in [0.3, 0.4) is 0 Å². The van der Waals surface area contributed by atoms with Crippen LogP contribution >= 0.6 is 0 Å². The van der Waals surface area contributed by atoms with Crippen molar-refractivity contribution in [3.05, 3.63) is 120 Å². The van der Waals surface area contributed by atoms with E-state index in [9.17, 15) is 9.90 Å². The van der Waals surface area contributed by atoms with Crippen LogP contribution in [-0.4, -0.2) is 37.6 Å². The summed E-state index contributed by atoms with van der Waals surface area (Å²) in [5.41, 5.74) is 8.07. The summed E-state index contributed by atoms with van der Waals surface area (Å²) in [5.74, 6) is 0.547. The second-order valence-corrected chi connectivity index (χ2v) is 24.9. The predicted octanol–water partition coefficient (Wildman–Crippen LogP) is 11.0. The summed E-state index contributed by atoms with van der Waals surface area (Å²) >= 11 is -2.53. The van der Waals surface area contributed by atoms with Crippen LogP contribution < -0.4 is 9.81 Å². The third kappa shape index (κ3) is 9.87. The first-order valence-electron chi connectivity index (χ1n) is 19.6. The van der Waals surface area contributed by atoms with Gasteiger partial charge in [0.25, 0.3) is 0 Å². The van der Waals surface area contributed by atoms with Crippen LogP contribution in [0.4, 0.5) is 0 Å². The van der Waals surface area contributed by atoms with Gasteiger partial charge in [0.15, 0.2) is 5.78 Å². The molecule has 0 aliphatic carbocycles. The van der Waals surface area contributed by atoms with E-state index in [-0.39, 0.29) is 54.3 Å². The number of ketones is 1.